The first-order chi connectivity index (χ1) is 10.2. The summed E-state index contributed by atoms with van der Waals surface area (Å²) in [4.78, 5) is 0. The molecule has 0 aliphatic rings. The van der Waals surface area contributed by atoms with E-state index in [1.165, 1.54) is 16.7 Å². The molecule has 0 saturated heterocycles. The maximum Gasteiger partial charge on any atom is 0.0406 e. The summed E-state index contributed by atoms with van der Waals surface area (Å²) < 4.78 is 0. The van der Waals surface area contributed by atoms with Crippen molar-refractivity contribution in [2.75, 3.05) is 0 Å². The lowest BCUT2D eigenvalue weighted by Gasteiger charge is -2.26. The molecule has 0 saturated carbocycles. The Kier molecular flexibility index (Phi) is 5.02. The number of aryl methyl sites for hydroxylation is 1. The van der Waals surface area contributed by atoms with Gasteiger partial charge in [-0.25, -0.2) is 0 Å². The Morgan fingerprint density at radius 2 is 1.23 bits per heavy atom. The summed E-state index contributed by atoms with van der Waals surface area (Å²) in [5.74, 6) is 0. The number of rotatable bonds is 4. The summed E-state index contributed by atoms with van der Waals surface area (Å²) in [6.45, 7) is 11.4. The Bertz CT molecular complexity index is 598. The Morgan fingerprint density at radius 3 is 1.73 bits per heavy atom. The van der Waals surface area contributed by atoms with Crippen LogP contribution in [0.4, 0.5) is 0 Å². The molecule has 0 aliphatic heterocycles. The predicted molar refractivity (Wildman–Crippen MR) is 97.9 cm³/mol. The molecule has 0 aliphatic carbocycles. The van der Waals surface area contributed by atoms with Crippen molar-refractivity contribution in [3.63, 3.8) is 0 Å². The highest BCUT2D eigenvalue weighted by Crippen LogP contribution is 2.30. The van der Waals surface area contributed by atoms with Gasteiger partial charge < -0.3 is 0 Å². The van der Waals surface area contributed by atoms with Gasteiger partial charge in [-0.05, 0) is 52.5 Å². The molecule has 0 unspecified atom stereocenters. The zero-order valence-electron chi connectivity index (χ0n) is 14.4. The van der Waals surface area contributed by atoms with Crippen molar-refractivity contribution in [2.24, 2.45) is 0 Å². The van der Waals surface area contributed by atoms with Crippen LogP contribution in [-0.4, -0.2) is 0 Å². The van der Waals surface area contributed by atoms with Gasteiger partial charge in [0.1, 0.15) is 0 Å². The lowest BCUT2D eigenvalue weighted by molar-refractivity contribution is 0.480. The molecule has 0 aromatic heterocycles. The van der Waals surface area contributed by atoms with E-state index in [0.717, 1.165) is 17.9 Å². The maximum absolute atomic E-state index is 5.99. The maximum atomic E-state index is 5.99. The van der Waals surface area contributed by atoms with Crippen LogP contribution in [-0.2, 0) is 17.3 Å². The molecule has 0 atom stereocenters. The van der Waals surface area contributed by atoms with Crippen molar-refractivity contribution in [1.82, 2.24) is 0 Å². The number of halogens is 1. The highest BCUT2D eigenvalue weighted by molar-refractivity contribution is 6.30. The van der Waals surface area contributed by atoms with Crippen LogP contribution in [0.3, 0.4) is 0 Å². The molecular weight excluding hydrogens is 288 g/mol. The van der Waals surface area contributed by atoms with Gasteiger partial charge in [0.25, 0.3) is 0 Å². The topological polar surface area (TPSA) is 0 Å². The summed E-state index contributed by atoms with van der Waals surface area (Å²) in [6.07, 6.45) is 2.23. The fourth-order valence-electron chi connectivity index (χ4n) is 2.67. The summed E-state index contributed by atoms with van der Waals surface area (Å²) >= 11 is 5.99. The first kappa shape index (κ1) is 17.1. The van der Waals surface area contributed by atoms with Crippen molar-refractivity contribution >= 4 is 11.6 Å². The highest BCUT2D eigenvalue weighted by atomic mass is 35.5. The number of benzene rings is 2. The molecule has 0 amide bonds. The zero-order chi connectivity index (χ0) is 16.4. The van der Waals surface area contributed by atoms with Crippen molar-refractivity contribution in [1.29, 1.82) is 0 Å². The third kappa shape index (κ3) is 4.36. The second-order valence-corrected chi connectivity index (χ2v) is 8.27. The van der Waals surface area contributed by atoms with E-state index in [1.807, 2.05) is 12.1 Å². The predicted octanol–water partition coefficient (Wildman–Crippen LogP) is 6.55. The molecule has 22 heavy (non-hydrogen) atoms. The van der Waals surface area contributed by atoms with Gasteiger partial charge in [-0.15, -0.1) is 0 Å². The Hall–Kier alpha value is -1.27. The SMILES string of the molecule is CC(C)(C)c1ccc(CCC(C)(C)c2ccc(Cl)cc2)cc1. The summed E-state index contributed by atoms with van der Waals surface area (Å²) in [5.41, 5.74) is 4.54. The quantitative estimate of drug-likeness (QED) is 0.600. The van der Waals surface area contributed by atoms with Gasteiger partial charge in [0.2, 0.25) is 0 Å². The third-order valence-electron chi connectivity index (χ3n) is 4.48. The molecule has 0 nitrogen and oxygen atoms in total. The normalized spacial score (nSPS) is 12.5. The standard InChI is InChI=1S/C21H27Cl/c1-20(2,3)17-8-6-16(7-9-17)14-15-21(4,5)18-10-12-19(22)13-11-18/h6-13H,14-15H2,1-5H3. The van der Waals surface area contributed by atoms with E-state index in [4.69, 9.17) is 11.6 Å². The van der Waals surface area contributed by atoms with E-state index >= 15 is 0 Å². The van der Waals surface area contributed by atoms with Gasteiger partial charge in [-0.3, -0.25) is 0 Å². The van der Waals surface area contributed by atoms with E-state index in [9.17, 15) is 0 Å². The van der Waals surface area contributed by atoms with Crippen molar-refractivity contribution in [3.8, 4) is 0 Å². The van der Waals surface area contributed by atoms with E-state index in [1.54, 1.807) is 0 Å². The van der Waals surface area contributed by atoms with E-state index in [-0.39, 0.29) is 10.8 Å². The molecule has 2 aromatic rings. The summed E-state index contributed by atoms with van der Waals surface area (Å²) in [6, 6.07) is 17.3. The highest BCUT2D eigenvalue weighted by Gasteiger charge is 2.20. The van der Waals surface area contributed by atoms with Gasteiger partial charge in [-0.1, -0.05) is 82.6 Å². The van der Waals surface area contributed by atoms with Crippen molar-refractivity contribution < 1.29 is 0 Å². The number of hydrogen-bond donors (Lipinski definition) is 0. The Balaban J connectivity index is 2.04. The molecule has 0 spiro atoms. The lowest BCUT2D eigenvalue weighted by Crippen LogP contribution is -2.18. The molecular formula is C21H27Cl. The van der Waals surface area contributed by atoms with E-state index in [2.05, 4.69) is 71.0 Å². The molecule has 0 heterocycles. The molecule has 2 aromatic carbocycles. The minimum atomic E-state index is 0.160. The largest absolute Gasteiger partial charge is 0.0843 e. The minimum Gasteiger partial charge on any atom is -0.0843 e. The van der Waals surface area contributed by atoms with E-state index in [0.29, 0.717) is 0 Å². The summed E-state index contributed by atoms with van der Waals surface area (Å²) in [7, 11) is 0. The number of hydrogen-bond acceptors (Lipinski definition) is 0. The minimum absolute atomic E-state index is 0.160. The van der Waals surface area contributed by atoms with Gasteiger partial charge in [-0.2, -0.15) is 0 Å². The fraction of sp³-hybridized carbons (Fsp3) is 0.429. The lowest BCUT2D eigenvalue weighted by atomic mass is 9.79. The zero-order valence-corrected chi connectivity index (χ0v) is 15.2. The van der Waals surface area contributed by atoms with Crippen LogP contribution in [0.1, 0.15) is 57.7 Å². The average Bonchev–Trinajstić information content (AvgIpc) is 2.45. The molecule has 118 valence electrons. The second-order valence-electron chi connectivity index (χ2n) is 7.84. The molecule has 2 rings (SSSR count). The van der Waals surface area contributed by atoms with Gasteiger partial charge in [0.15, 0.2) is 0 Å². The van der Waals surface area contributed by atoms with Gasteiger partial charge >= 0.3 is 0 Å². The smallest absolute Gasteiger partial charge is 0.0406 e. The molecule has 0 radical (unpaired) electrons. The molecule has 0 bridgehead atoms. The first-order valence-electron chi connectivity index (χ1n) is 8.04. The van der Waals surface area contributed by atoms with Crippen LogP contribution in [0.2, 0.25) is 5.02 Å². The molecule has 0 N–H and O–H groups in total. The van der Waals surface area contributed by atoms with Crippen molar-refractivity contribution in [2.45, 2.75) is 58.3 Å². The molecule has 0 fully saturated rings. The second kappa shape index (κ2) is 6.46. The van der Waals surface area contributed by atoms with Crippen LogP contribution < -0.4 is 0 Å². The Morgan fingerprint density at radius 1 is 0.727 bits per heavy atom. The van der Waals surface area contributed by atoms with Crippen molar-refractivity contribution in [3.05, 3.63) is 70.2 Å². The van der Waals surface area contributed by atoms with Crippen LogP contribution >= 0.6 is 11.6 Å². The fourth-order valence-corrected chi connectivity index (χ4v) is 2.80. The first-order valence-corrected chi connectivity index (χ1v) is 8.42. The Labute approximate surface area is 140 Å². The monoisotopic (exact) mass is 314 g/mol. The summed E-state index contributed by atoms with van der Waals surface area (Å²) in [5, 5.41) is 0.803. The van der Waals surface area contributed by atoms with Crippen LogP contribution in [0.5, 0.6) is 0 Å². The third-order valence-corrected chi connectivity index (χ3v) is 4.74. The van der Waals surface area contributed by atoms with Crippen LogP contribution in [0, 0.1) is 0 Å². The van der Waals surface area contributed by atoms with Gasteiger partial charge in [0, 0.05) is 5.02 Å². The molecule has 1 heteroatoms. The average molecular weight is 315 g/mol. The van der Waals surface area contributed by atoms with Crippen LogP contribution in [0.25, 0.3) is 0 Å². The van der Waals surface area contributed by atoms with Crippen LogP contribution in [0.15, 0.2) is 48.5 Å². The van der Waals surface area contributed by atoms with E-state index < -0.39 is 0 Å². The van der Waals surface area contributed by atoms with Gasteiger partial charge in [0.05, 0.1) is 0 Å².